The molecule has 0 bridgehead atoms. The fourth-order valence-electron chi connectivity index (χ4n) is 1.43. The molecule has 0 aliphatic rings. The quantitative estimate of drug-likeness (QED) is 0.597. The van der Waals surface area contributed by atoms with Crippen LogP contribution < -0.4 is 0 Å². The lowest BCUT2D eigenvalue weighted by Gasteiger charge is -2.01. The minimum Gasteiger partial charge on any atom is -0.463 e. The maximum Gasteiger partial charge on any atom is 0.330 e. The number of hydrogen-bond donors (Lipinski definition) is 0. The zero-order valence-electron chi connectivity index (χ0n) is 10.6. The van der Waals surface area contributed by atoms with Crippen LogP contribution in [-0.4, -0.2) is 32.1 Å². The zero-order chi connectivity index (χ0) is 13.5. The molecule has 2 rings (SSSR count). The second kappa shape index (κ2) is 6.44. The van der Waals surface area contributed by atoms with Gasteiger partial charge in [0.05, 0.1) is 19.5 Å². The second-order valence-electron chi connectivity index (χ2n) is 3.75. The number of hydrogen-bond acceptors (Lipinski definition) is 5. The molecule has 98 valence electrons. The predicted molar refractivity (Wildman–Crippen MR) is 69.0 cm³/mol. The smallest absolute Gasteiger partial charge is 0.330 e. The van der Waals surface area contributed by atoms with Gasteiger partial charge in [0.25, 0.3) is 0 Å². The van der Waals surface area contributed by atoms with E-state index in [9.17, 15) is 4.79 Å². The Kier molecular flexibility index (Phi) is 4.39. The van der Waals surface area contributed by atoms with Gasteiger partial charge in [0.1, 0.15) is 5.82 Å². The Morgan fingerprint density at radius 2 is 2.21 bits per heavy atom. The van der Waals surface area contributed by atoms with Gasteiger partial charge in [-0.15, -0.1) is 0 Å². The molecule has 0 unspecified atom stereocenters. The van der Waals surface area contributed by atoms with E-state index in [0.717, 1.165) is 5.56 Å². The Bertz CT molecular complexity index is 547. The normalized spacial score (nSPS) is 10.8. The van der Waals surface area contributed by atoms with Crippen molar-refractivity contribution in [2.45, 2.75) is 13.5 Å². The van der Waals surface area contributed by atoms with Gasteiger partial charge in [-0.2, -0.15) is 0 Å². The highest BCUT2D eigenvalue weighted by Gasteiger charge is 1.98. The molecule has 6 nitrogen and oxygen atoms in total. The molecular weight excluding hydrogens is 244 g/mol. The first-order valence-corrected chi connectivity index (χ1v) is 5.89. The summed E-state index contributed by atoms with van der Waals surface area (Å²) in [5.41, 5.74) is 0.752. The first-order valence-electron chi connectivity index (χ1n) is 5.89. The van der Waals surface area contributed by atoms with Crippen molar-refractivity contribution in [3.05, 3.63) is 48.6 Å². The van der Waals surface area contributed by atoms with E-state index in [-0.39, 0.29) is 5.97 Å². The van der Waals surface area contributed by atoms with E-state index in [1.54, 1.807) is 37.9 Å². The molecular formula is C13H14N4O2. The Labute approximate surface area is 110 Å². The van der Waals surface area contributed by atoms with Crippen LogP contribution in [0.1, 0.15) is 18.3 Å². The van der Waals surface area contributed by atoms with Crippen LogP contribution in [-0.2, 0) is 16.1 Å². The zero-order valence-corrected chi connectivity index (χ0v) is 10.6. The standard InChI is InChI=1S/C13H14N4O2/c1-2-19-13(18)4-3-11-7-15-12(16-8-11)9-17-6-5-14-10-17/h3-8,10H,2,9H2,1H3/b4-3+. The van der Waals surface area contributed by atoms with E-state index in [1.165, 1.54) is 6.08 Å². The van der Waals surface area contributed by atoms with E-state index in [2.05, 4.69) is 15.0 Å². The molecule has 0 N–H and O–H groups in total. The van der Waals surface area contributed by atoms with Gasteiger partial charge in [-0.3, -0.25) is 0 Å². The lowest BCUT2D eigenvalue weighted by molar-refractivity contribution is -0.137. The maximum absolute atomic E-state index is 11.1. The molecule has 0 saturated carbocycles. The van der Waals surface area contributed by atoms with Crippen LogP contribution >= 0.6 is 0 Å². The molecule has 0 saturated heterocycles. The summed E-state index contributed by atoms with van der Waals surface area (Å²) in [6.45, 7) is 2.70. The third kappa shape index (κ3) is 4.02. The van der Waals surface area contributed by atoms with Gasteiger partial charge >= 0.3 is 5.97 Å². The highest BCUT2D eigenvalue weighted by Crippen LogP contribution is 2.01. The molecule has 19 heavy (non-hydrogen) atoms. The molecule has 0 radical (unpaired) electrons. The summed E-state index contributed by atoms with van der Waals surface area (Å²) in [6.07, 6.45) is 11.6. The Morgan fingerprint density at radius 1 is 1.42 bits per heavy atom. The molecule has 0 atom stereocenters. The molecule has 0 amide bonds. The highest BCUT2D eigenvalue weighted by molar-refractivity contribution is 5.86. The van der Waals surface area contributed by atoms with E-state index in [0.29, 0.717) is 19.0 Å². The van der Waals surface area contributed by atoms with Gasteiger partial charge in [0.2, 0.25) is 0 Å². The van der Waals surface area contributed by atoms with Crippen molar-refractivity contribution in [1.29, 1.82) is 0 Å². The third-order valence-electron chi connectivity index (χ3n) is 2.31. The summed E-state index contributed by atoms with van der Waals surface area (Å²) in [6, 6.07) is 0. The van der Waals surface area contributed by atoms with E-state index in [4.69, 9.17) is 4.74 Å². The van der Waals surface area contributed by atoms with Crippen molar-refractivity contribution in [2.75, 3.05) is 6.61 Å². The van der Waals surface area contributed by atoms with Crippen molar-refractivity contribution in [3.8, 4) is 0 Å². The van der Waals surface area contributed by atoms with Crippen molar-refractivity contribution < 1.29 is 9.53 Å². The van der Waals surface area contributed by atoms with Gasteiger partial charge in [-0.1, -0.05) is 0 Å². The average molecular weight is 258 g/mol. The molecule has 6 heteroatoms. The van der Waals surface area contributed by atoms with Crippen LogP contribution in [0.4, 0.5) is 0 Å². The first kappa shape index (κ1) is 12.9. The number of nitrogens with zero attached hydrogens (tertiary/aromatic N) is 4. The van der Waals surface area contributed by atoms with Crippen LogP contribution in [0.15, 0.2) is 37.2 Å². The maximum atomic E-state index is 11.1. The number of carbonyl (C=O) groups excluding carboxylic acids is 1. The molecule has 0 aromatic carbocycles. The van der Waals surface area contributed by atoms with Crippen molar-refractivity contribution >= 4 is 12.0 Å². The van der Waals surface area contributed by atoms with Gasteiger partial charge in [-0.25, -0.2) is 19.7 Å². The van der Waals surface area contributed by atoms with Crippen LogP contribution in [0.5, 0.6) is 0 Å². The number of rotatable bonds is 5. The fraction of sp³-hybridized carbons (Fsp3) is 0.231. The van der Waals surface area contributed by atoms with Crippen molar-refractivity contribution in [2.24, 2.45) is 0 Å². The number of ether oxygens (including phenoxy) is 1. The molecule has 2 aromatic heterocycles. The van der Waals surface area contributed by atoms with Gasteiger partial charge < -0.3 is 9.30 Å². The number of imidazole rings is 1. The predicted octanol–water partition coefficient (Wildman–Crippen LogP) is 1.30. The van der Waals surface area contributed by atoms with Crippen LogP contribution in [0.3, 0.4) is 0 Å². The van der Waals surface area contributed by atoms with Crippen LogP contribution in [0, 0.1) is 0 Å². The molecule has 0 spiro atoms. The van der Waals surface area contributed by atoms with Crippen molar-refractivity contribution in [1.82, 2.24) is 19.5 Å². The molecule has 0 aliphatic carbocycles. The lowest BCUT2D eigenvalue weighted by atomic mass is 10.3. The average Bonchev–Trinajstić information content (AvgIpc) is 2.91. The monoisotopic (exact) mass is 258 g/mol. The summed E-state index contributed by atoms with van der Waals surface area (Å²) in [5, 5.41) is 0. The summed E-state index contributed by atoms with van der Waals surface area (Å²) >= 11 is 0. The molecule has 0 aliphatic heterocycles. The largest absolute Gasteiger partial charge is 0.463 e. The van der Waals surface area contributed by atoms with Crippen molar-refractivity contribution in [3.63, 3.8) is 0 Å². The third-order valence-corrected chi connectivity index (χ3v) is 2.31. The SMILES string of the molecule is CCOC(=O)/C=C/c1cnc(Cn2ccnc2)nc1. The molecule has 0 fully saturated rings. The highest BCUT2D eigenvalue weighted by atomic mass is 16.5. The fourth-order valence-corrected chi connectivity index (χ4v) is 1.43. The lowest BCUT2D eigenvalue weighted by Crippen LogP contribution is -2.02. The van der Waals surface area contributed by atoms with E-state index in [1.807, 2.05) is 10.8 Å². The Morgan fingerprint density at radius 3 is 2.84 bits per heavy atom. The summed E-state index contributed by atoms with van der Waals surface area (Å²) in [5.74, 6) is 0.316. The summed E-state index contributed by atoms with van der Waals surface area (Å²) < 4.78 is 6.66. The topological polar surface area (TPSA) is 69.9 Å². The first-order chi connectivity index (χ1) is 9.28. The second-order valence-corrected chi connectivity index (χ2v) is 3.75. The number of esters is 1. The van der Waals surface area contributed by atoms with E-state index < -0.39 is 0 Å². The van der Waals surface area contributed by atoms with Crippen LogP contribution in [0.2, 0.25) is 0 Å². The molecule has 2 aromatic rings. The van der Waals surface area contributed by atoms with Crippen LogP contribution in [0.25, 0.3) is 6.08 Å². The minimum absolute atomic E-state index is 0.365. The van der Waals surface area contributed by atoms with E-state index >= 15 is 0 Å². The van der Waals surface area contributed by atoms with Gasteiger partial charge in [0.15, 0.2) is 0 Å². The number of carbonyl (C=O) groups is 1. The molecule has 2 heterocycles. The van der Waals surface area contributed by atoms with Gasteiger partial charge in [0, 0.05) is 36.4 Å². The minimum atomic E-state index is -0.370. The Hall–Kier alpha value is -2.50. The van der Waals surface area contributed by atoms with Gasteiger partial charge in [-0.05, 0) is 13.0 Å². The Balaban J connectivity index is 1.96. The summed E-state index contributed by atoms with van der Waals surface area (Å²) in [7, 11) is 0. The number of aromatic nitrogens is 4. The summed E-state index contributed by atoms with van der Waals surface area (Å²) in [4.78, 5) is 23.5.